The molecule has 0 bridgehead atoms. The van der Waals surface area contributed by atoms with Crippen molar-refractivity contribution in [3.63, 3.8) is 0 Å². The molecule has 0 unspecified atom stereocenters. The number of halogens is 3. The molecule has 0 atom stereocenters. The lowest BCUT2D eigenvalue weighted by Gasteiger charge is -2.38. The van der Waals surface area contributed by atoms with Crippen LogP contribution in [0.5, 0.6) is 0 Å². The highest BCUT2D eigenvalue weighted by atomic mass is 32.2. The highest BCUT2D eigenvalue weighted by molar-refractivity contribution is 8.17. The summed E-state index contributed by atoms with van der Waals surface area (Å²) in [6.07, 6.45) is 3.79. The first-order valence-electron chi connectivity index (χ1n) is 10.2. The number of sulfonamides is 1. The van der Waals surface area contributed by atoms with Crippen LogP contribution in [0.2, 0.25) is 0 Å². The quantitative estimate of drug-likeness (QED) is 0.311. The van der Waals surface area contributed by atoms with Gasteiger partial charge in [-0.3, -0.25) is 0 Å². The van der Waals surface area contributed by atoms with Crippen molar-refractivity contribution in [3.05, 3.63) is 34.4 Å². The standard InChI is InChI=1S/C19H23F3N6O4S2/c1-10(2)28-7-5-6-12-8-13(14(9-15(12)28)27-34(30,31)19(20,21)22)23-25-18-26-24-16(33-18)17(29)32-11(3)4/h8-11,29H,5-7H2,1-4H3/p-1. The van der Waals surface area contributed by atoms with E-state index < -0.39 is 27.2 Å². The van der Waals surface area contributed by atoms with Gasteiger partial charge in [0.15, 0.2) is 0 Å². The minimum atomic E-state index is -5.82. The number of azo groups is 1. The SMILES string of the molecule is CC(C)OC([O-])=C1N=NC(=NN=C2C=C3CCCN(C(C)C)C3=CC2=NS(=O)(=O)C(F)(F)F)S1. The van der Waals surface area contributed by atoms with Crippen LogP contribution in [0.25, 0.3) is 0 Å². The van der Waals surface area contributed by atoms with Crippen LogP contribution in [-0.2, 0) is 14.8 Å². The molecule has 0 aromatic rings. The van der Waals surface area contributed by atoms with Crippen LogP contribution in [0.3, 0.4) is 0 Å². The van der Waals surface area contributed by atoms with Crippen LogP contribution in [0.1, 0.15) is 40.5 Å². The van der Waals surface area contributed by atoms with Crippen LogP contribution in [0.4, 0.5) is 13.2 Å². The maximum absolute atomic E-state index is 13.0. The second-order valence-electron chi connectivity index (χ2n) is 7.92. The molecule has 3 aliphatic rings. The molecular formula is C19H22F3N6O4S2-. The molecule has 1 fully saturated rings. The number of hydrogen-bond donors (Lipinski definition) is 0. The van der Waals surface area contributed by atoms with Gasteiger partial charge in [0, 0.05) is 18.3 Å². The largest absolute Gasteiger partial charge is 0.609 e. The Labute approximate surface area is 198 Å². The van der Waals surface area contributed by atoms with Crippen molar-refractivity contribution in [1.29, 1.82) is 0 Å². The average molecular weight is 520 g/mol. The fraction of sp³-hybridized carbons (Fsp3) is 0.526. The highest BCUT2D eigenvalue weighted by Crippen LogP contribution is 2.33. The molecular weight excluding hydrogens is 497 g/mol. The number of rotatable bonds is 5. The number of alkyl halides is 3. The van der Waals surface area contributed by atoms with Gasteiger partial charge in [-0.1, -0.05) is 13.8 Å². The van der Waals surface area contributed by atoms with Crippen molar-refractivity contribution in [2.75, 3.05) is 6.54 Å². The van der Waals surface area contributed by atoms with E-state index in [4.69, 9.17) is 4.74 Å². The topological polar surface area (TPSA) is 131 Å². The van der Waals surface area contributed by atoms with Crippen molar-refractivity contribution >= 4 is 38.4 Å². The molecule has 0 radical (unpaired) electrons. The number of allylic oxidation sites excluding steroid dienone is 3. The molecule has 15 heteroatoms. The molecule has 0 aromatic heterocycles. The third kappa shape index (κ3) is 5.87. The number of piperidine rings is 1. The molecule has 1 aliphatic carbocycles. The van der Waals surface area contributed by atoms with Crippen LogP contribution >= 0.6 is 11.8 Å². The van der Waals surface area contributed by atoms with E-state index in [1.165, 1.54) is 12.2 Å². The first-order chi connectivity index (χ1) is 15.8. The van der Waals surface area contributed by atoms with Crippen molar-refractivity contribution in [2.24, 2.45) is 24.8 Å². The molecule has 10 nitrogen and oxygen atoms in total. The van der Waals surface area contributed by atoms with Gasteiger partial charge in [0.05, 0.1) is 5.95 Å². The second kappa shape index (κ2) is 9.90. The van der Waals surface area contributed by atoms with Gasteiger partial charge in [-0.2, -0.15) is 26.0 Å². The number of amidine groups is 1. The minimum absolute atomic E-state index is 0.0315. The number of hydrogen-bond acceptors (Lipinski definition) is 9. The summed E-state index contributed by atoms with van der Waals surface area (Å²) in [5.41, 5.74) is -4.89. The Kier molecular flexibility index (Phi) is 7.55. The highest BCUT2D eigenvalue weighted by Gasteiger charge is 2.46. The van der Waals surface area contributed by atoms with E-state index in [0.717, 1.165) is 23.8 Å². The number of fused-ring (bicyclic) bond motifs is 1. The summed E-state index contributed by atoms with van der Waals surface area (Å²) in [4.78, 5) is 1.95. The van der Waals surface area contributed by atoms with Gasteiger partial charge in [0.25, 0.3) is 0 Å². The van der Waals surface area contributed by atoms with Gasteiger partial charge in [0.2, 0.25) is 5.17 Å². The summed E-state index contributed by atoms with van der Waals surface area (Å²) in [5.74, 6) is -0.705. The molecule has 2 heterocycles. The fourth-order valence-corrected chi connectivity index (χ4v) is 4.27. The van der Waals surface area contributed by atoms with Crippen molar-refractivity contribution < 1.29 is 31.4 Å². The first-order valence-corrected chi connectivity index (χ1v) is 12.5. The smallest absolute Gasteiger partial charge is 0.518 e. The number of thioether (sulfide) groups is 1. The van der Waals surface area contributed by atoms with Crippen molar-refractivity contribution in [1.82, 2.24) is 4.90 Å². The van der Waals surface area contributed by atoms with Gasteiger partial charge >= 0.3 is 15.5 Å². The third-order valence-corrected chi connectivity index (χ3v) is 6.45. The van der Waals surface area contributed by atoms with Crippen LogP contribution < -0.4 is 5.11 Å². The molecule has 1 saturated heterocycles. The fourth-order valence-electron chi connectivity index (χ4n) is 3.21. The predicted octanol–water partition coefficient (Wildman–Crippen LogP) is 3.43. The van der Waals surface area contributed by atoms with Crippen LogP contribution in [0.15, 0.2) is 59.2 Å². The van der Waals surface area contributed by atoms with E-state index in [-0.39, 0.29) is 28.1 Å². The van der Waals surface area contributed by atoms with Gasteiger partial charge in [-0.25, -0.2) is 0 Å². The van der Waals surface area contributed by atoms with Crippen LogP contribution in [-0.4, -0.2) is 54.1 Å². The van der Waals surface area contributed by atoms with Gasteiger partial charge in [0.1, 0.15) is 16.5 Å². The maximum Gasteiger partial charge on any atom is 0.518 e. The Morgan fingerprint density at radius 2 is 1.88 bits per heavy atom. The molecule has 0 spiro atoms. The molecule has 0 saturated carbocycles. The zero-order chi connectivity index (χ0) is 25.3. The predicted molar refractivity (Wildman–Crippen MR) is 120 cm³/mol. The van der Waals surface area contributed by atoms with Crippen LogP contribution in [0, 0.1) is 0 Å². The van der Waals surface area contributed by atoms with E-state index in [9.17, 15) is 26.7 Å². The summed E-state index contributed by atoms with van der Waals surface area (Å²) in [7, 11) is -5.82. The first kappa shape index (κ1) is 25.9. The zero-order valence-corrected chi connectivity index (χ0v) is 20.3. The summed E-state index contributed by atoms with van der Waals surface area (Å²) in [6.45, 7) is 7.83. The number of likely N-dealkylation sites (tertiary alicyclic amines) is 1. The van der Waals surface area contributed by atoms with Crippen molar-refractivity contribution in [2.45, 2.75) is 58.2 Å². The maximum atomic E-state index is 13.0. The van der Waals surface area contributed by atoms with Gasteiger partial charge in [-0.05, 0) is 62.3 Å². The lowest BCUT2D eigenvalue weighted by molar-refractivity contribution is -0.362. The van der Waals surface area contributed by atoms with E-state index in [1.807, 2.05) is 18.7 Å². The molecule has 2 aliphatic heterocycles. The number of nitrogens with zero attached hydrogens (tertiary/aromatic N) is 6. The average Bonchev–Trinajstić information content (AvgIpc) is 3.19. The normalized spacial score (nSPS) is 24.3. The lowest BCUT2D eigenvalue weighted by atomic mass is 9.91. The van der Waals surface area contributed by atoms with Gasteiger partial charge in [-0.15, -0.1) is 20.4 Å². The van der Waals surface area contributed by atoms with Crippen molar-refractivity contribution in [3.8, 4) is 0 Å². The zero-order valence-electron chi connectivity index (χ0n) is 18.7. The Morgan fingerprint density at radius 3 is 2.50 bits per heavy atom. The molecule has 0 N–H and O–H groups in total. The summed E-state index contributed by atoms with van der Waals surface area (Å²) in [6, 6.07) is 0.0315. The van der Waals surface area contributed by atoms with E-state index in [1.54, 1.807) is 13.8 Å². The Bertz CT molecular complexity index is 1160. The summed E-state index contributed by atoms with van der Waals surface area (Å²) in [5, 5.41) is 26.8. The minimum Gasteiger partial charge on any atom is -0.609 e. The molecule has 0 aromatic carbocycles. The lowest BCUT2D eigenvalue weighted by Crippen LogP contribution is -2.37. The molecule has 34 heavy (non-hydrogen) atoms. The van der Waals surface area contributed by atoms with E-state index in [2.05, 4.69) is 24.8 Å². The number of ether oxygens (including phenoxy) is 1. The Balaban J connectivity index is 2.01. The van der Waals surface area contributed by atoms with Gasteiger partial charge < -0.3 is 14.7 Å². The Hall–Kier alpha value is -2.68. The summed E-state index contributed by atoms with van der Waals surface area (Å²) < 4.78 is 70.5. The Morgan fingerprint density at radius 1 is 1.18 bits per heavy atom. The molecule has 186 valence electrons. The van der Waals surface area contributed by atoms with E-state index in [0.29, 0.717) is 18.7 Å². The molecule has 0 amide bonds. The molecule has 3 rings (SSSR count). The second-order valence-corrected chi connectivity index (χ2v) is 10.5. The monoisotopic (exact) mass is 519 g/mol. The van der Waals surface area contributed by atoms with E-state index >= 15 is 0 Å². The summed E-state index contributed by atoms with van der Waals surface area (Å²) >= 11 is 0.764. The third-order valence-electron chi connectivity index (χ3n) is 4.64.